The van der Waals surface area contributed by atoms with Crippen LogP contribution >= 0.6 is 0 Å². The SMILES string of the molecule is CCC1(c2c(C)ccc(O)c2O)CC(O)C=CC1C(C)NC. The third kappa shape index (κ3) is 2.61. The molecule has 0 amide bonds. The number of hydrogen-bond donors (Lipinski definition) is 4. The molecule has 0 fully saturated rings. The number of aromatic hydroxyl groups is 2. The minimum Gasteiger partial charge on any atom is -0.504 e. The summed E-state index contributed by atoms with van der Waals surface area (Å²) in [7, 11) is 1.92. The van der Waals surface area contributed by atoms with Gasteiger partial charge in [-0.05, 0) is 45.4 Å². The molecule has 0 spiro atoms. The van der Waals surface area contributed by atoms with Crippen LogP contribution in [-0.2, 0) is 5.41 Å². The summed E-state index contributed by atoms with van der Waals surface area (Å²) in [5.74, 6) is -0.0386. The molecule has 4 unspecified atom stereocenters. The number of nitrogens with one attached hydrogen (secondary N) is 1. The summed E-state index contributed by atoms with van der Waals surface area (Å²) < 4.78 is 0. The molecular formula is C18H27NO3. The molecule has 0 aliphatic heterocycles. The predicted octanol–water partition coefficient (Wildman–Crippen LogP) is 2.60. The van der Waals surface area contributed by atoms with Crippen molar-refractivity contribution in [2.75, 3.05) is 7.05 Å². The Morgan fingerprint density at radius 3 is 2.59 bits per heavy atom. The molecular weight excluding hydrogens is 278 g/mol. The molecule has 0 saturated heterocycles. The number of aliphatic hydroxyl groups excluding tert-OH is 1. The number of hydrogen-bond acceptors (Lipinski definition) is 4. The van der Waals surface area contributed by atoms with Crippen molar-refractivity contribution in [1.29, 1.82) is 0 Å². The Morgan fingerprint density at radius 2 is 2.00 bits per heavy atom. The fraction of sp³-hybridized carbons (Fsp3) is 0.556. The van der Waals surface area contributed by atoms with E-state index in [1.165, 1.54) is 6.07 Å². The topological polar surface area (TPSA) is 72.7 Å². The van der Waals surface area contributed by atoms with Crippen LogP contribution in [0.3, 0.4) is 0 Å². The van der Waals surface area contributed by atoms with Crippen LogP contribution in [0.15, 0.2) is 24.3 Å². The van der Waals surface area contributed by atoms with Gasteiger partial charge in [-0.1, -0.05) is 25.1 Å². The largest absolute Gasteiger partial charge is 0.504 e. The van der Waals surface area contributed by atoms with Crippen LogP contribution in [0.1, 0.15) is 37.8 Å². The quantitative estimate of drug-likeness (QED) is 0.510. The van der Waals surface area contributed by atoms with Gasteiger partial charge in [0.2, 0.25) is 0 Å². The van der Waals surface area contributed by atoms with Crippen molar-refractivity contribution >= 4 is 0 Å². The lowest BCUT2D eigenvalue weighted by atomic mass is 9.59. The minimum atomic E-state index is -0.540. The third-order valence-corrected chi connectivity index (χ3v) is 5.24. The first-order valence-electron chi connectivity index (χ1n) is 7.93. The van der Waals surface area contributed by atoms with Crippen molar-refractivity contribution in [3.05, 3.63) is 35.4 Å². The average Bonchev–Trinajstić information content (AvgIpc) is 2.50. The number of phenols is 2. The van der Waals surface area contributed by atoms with Crippen LogP contribution in [-0.4, -0.2) is 34.5 Å². The van der Waals surface area contributed by atoms with Gasteiger partial charge in [0.05, 0.1) is 6.10 Å². The summed E-state index contributed by atoms with van der Waals surface area (Å²) in [6.07, 6.45) is 4.64. The highest BCUT2D eigenvalue weighted by atomic mass is 16.3. The summed E-state index contributed by atoms with van der Waals surface area (Å²) in [6, 6.07) is 3.53. The van der Waals surface area contributed by atoms with E-state index in [4.69, 9.17) is 0 Å². The van der Waals surface area contributed by atoms with Crippen molar-refractivity contribution in [2.24, 2.45) is 5.92 Å². The highest BCUT2D eigenvalue weighted by molar-refractivity contribution is 5.54. The van der Waals surface area contributed by atoms with Gasteiger partial charge in [0.15, 0.2) is 11.5 Å². The maximum absolute atomic E-state index is 10.5. The number of rotatable bonds is 4. The molecule has 1 aromatic rings. The molecule has 4 atom stereocenters. The second kappa shape index (κ2) is 6.31. The molecule has 1 aliphatic rings. The van der Waals surface area contributed by atoms with Crippen LogP contribution in [0.25, 0.3) is 0 Å². The summed E-state index contributed by atoms with van der Waals surface area (Å²) in [5.41, 5.74) is 1.28. The van der Waals surface area contributed by atoms with E-state index in [1.807, 2.05) is 32.2 Å². The van der Waals surface area contributed by atoms with Crippen LogP contribution in [0.5, 0.6) is 11.5 Å². The Hall–Kier alpha value is -1.52. The van der Waals surface area contributed by atoms with Gasteiger partial charge >= 0.3 is 0 Å². The van der Waals surface area contributed by atoms with Gasteiger partial charge in [0.1, 0.15) is 0 Å². The molecule has 4 heteroatoms. The van der Waals surface area contributed by atoms with Crippen LogP contribution in [0.4, 0.5) is 0 Å². The molecule has 122 valence electrons. The van der Waals surface area contributed by atoms with Crippen LogP contribution < -0.4 is 5.32 Å². The zero-order valence-corrected chi connectivity index (χ0v) is 13.8. The first kappa shape index (κ1) is 16.8. The normalized spacial score (nSPS) is 29.5. The Kier molecular flexibility index (Phi) is 4.83. The number of aliphatic hydroxyl groups is 1. The van der Waals surface area contributed by atoms with Crippen molar-refractivity contribution in [2.45, 2.75) is 51.2 Å². The highest BCUT2D eigenvalue weighted by Crippen LogP contribution is 2.51. The molecule has 1 aromatic carbocycles. The molecule has 0 bridgehead atoms. The molecule has 0 saturated carbocycles. The molecule has 1 aliphatic carbocycles. The molecule has 2 rings (SSSR count). The minimum absolute atomic E-state index is 0.0577. The molecule has 4 N–H and O–H groups in total. The smallest absolute Gasteiger partial charge is 0.161 e. The number of aryl methyl sites for hydroxylation is 1. The van der Waals surface area contributed by atoms with Gasteiger partial charge in [-0.15, -0.1) is 0 Å². The van der Waals surface area contributed by atoms with E-state index >= 15 is 0 Å². The zero-order valence-electron chi connectivity index (χ0n) is 13.8. The molecule has 0 radical (unpaired) electrons. The lowest BCUT2D eigenvalue weighted by Crippen LogP contribution is -2.48. The second-order valence-electron chi connectivity index (χ2n) is 6.39. The monoisotopic (exact) mass is 305 g/mol. The number of phenolic OH excluding ortho intramolecular Hbond substituents is 2. The van der Waals surface area contributed by atoms with Crippen molar-refractivity contribution in [3.63, 3.8) is 0 Å². The fourth-order valence-corrected chi connectivity index (χ4v) is 3.97. The van der Waals surface area contributed by atoms with E-state index in [-0.39, 0.29) is 23.5 Å². The Morgan fingerprint density at radius 1 is 1.32 bits per heavy atom. The lowest BCUT2D eigenvalue weighted by Gasteiger charge is -2.46. The van der Waals surface area contributed by atoms with Crippen molar-refractivity contribution in [3.8, 4) is 11.5 Å². The van der Waals surface area contributed by atoms with Gasteiger partial charge < -0.3 is 20.6 Å². The first-order chi connectivity index (χ1) is 10.4. The van der Waals surface area contributed by atoms with E-state index in [9.17, 15) is 15.3 Å². The summed E-state index contributed by atoms with van der Waals surface area (Å²) in [4.78, 5) is 0. The Bertz CT molecular complexity index is 570. The van der Waals surface area contributed by atoms with E-state index in [0.29, 0.717) is 6.42 Å². The fourth-order valence-electron chi connectivity index (χ4n) is 3.97. The van der Waals surface area contributed by atoms with E-state index in [1.54, 1.807) is 0 Å². The average molecular weight is 305 g/mol. The highest BCUT2D eigenvalue weighted by Gasteiger charge is 2.46. The Labute approximate surface area is 132 Å². The summed E-state index contributed by atoms with van der Waals surface area (Å²) >= 11 is 0. The van der Waals surface area contributed by atoms with Crippen molar-refractivity contribution < 1.29 is 15.3 Å². The van der Waals surface area contributed by atoms with Gasteiger partial charge in [-0.2, -0.15) is 0 Å². The van der Waals surface area contributed by atoms with Crippen LogP contribution in [0.2, 0.25) is 0 Å². The summed E-state index contributed by atoms with van der Waals surface area (Å²) in [6.45, 7) is 6.12. The van der Waals surface area contributed by atoms with E-state index < -0.39 is 11.5 Å². The zero-order chi connectivity index (χ0) is 16.5. The first-order valence-corrected chi connectivity index (χ1v) is 7.93. The van der Waals surface area contributed by atoms with E-state index in [0.717, 1.165) is 17.5 Å². The molecule has 4 nitrogen and oxygen atoms in total. The van der Waals surface area contributed by atoms with Gasteiger partial charge in [0.25, 0.3) is 0 Å². The molecule has 22 heavy (non-hydrogen) atoms. The van der Waals surface area contributed by atoms with Gasteiger partial charge in [0, 0.05) is 22.9 Å². The standard InChI is InChI=1S/C18H27NO3/c1-5-18(16-11(2)6-9-15(21)17(16)22)10-13(20)7-8-14(18)12(3)19-4/h6-9,12-14,19-22H,5,10H2,1-4H3. The second-order valence-corrected chi connectivity index (χ2v) is 6.39. The maximum atomic E-state index is 10.5. The number of benzene rings is 1. The molecule has 0 aromatic heterocycles. The van der Waals surface area contributed by atoms with Gasteiger partial charge in [-0.25, -0.2) is 0 Å². The summed E-state index contributed by atoms with van der Waals surface area (Å²) in [5, 5.41) is 34.0. The third-order valence-electron chi connectivity index (χ3n) is 5.24. The van der Waals surface area contributed by atoms with Crippen molar-refractivity contribution in [1.82, 2.24) is 5.32 Å². The van der Waals surface area contributed by atoms with Gasteiger partial charge in [-0.3, -0.25) is 0 Å². The lowest BCUT2D eigenvalue weighted by molar-refractivity contribution is 0.117. The Balaban J connectivity index is 2.69. The van der Waals surface area contributed by atoms with Crippen LogP contribution in [0, 0.1) is 12.8 Å². The maximum Gasteiger partial charge on any atom is 0.161 e. The molecule has 0 heterocycles. The predicted molar refractivity (Wildman–Crippen MR) is 88.3 cm³/mol. The van der Waals surface area contributed by atoms with E-state index in [2.05, 4.69) is 19.2 Å².